The molecular formula is C22H23F2NO5. The molecule has 0 saturated carbocycles. The SMILES string of the molecule is CCOC/C(=N\OCc1c(F)cccc1/C(=C\OC)C(=O)OC)c1ccc(F)cc1. The summed E-state index contributed by atoms with van der Waals surface area (Å²) in [5.41, 5.74) is 1.41. The number of rotatable bonds is 10. The van der Waals surface area contributed by atoms with Crippen LogP contribution in [0.25, 0.3) is 5.57 Å². The summed E-state index contributed by atoms with van der Waals surface area (Å²) in [4.78, 5) is 17.5. The second kappa shape index (κ2) is 11.7. The highest BCUT2D eigenvalue weighted by atomic mass is 19.1. The smallest absolute Gasteiger partial charge is 0.341 e. The van der Waals surface area contributed by atoms with Crippen molar-refractivity contribution >= 4 is 17.3 Å². The van der Waals surface area contributed by atoms with Gasteiger partial charge in [-0.05, 0) is 25.1 Å². The van der Waals surface area contributed by atoms with Crippen LogP contribution in [0.2, 0.25) is 0 Å². The first kappa shape index (κ1) is 23.0. The second-order valence-electron chi connectivity index (χ2n) is 5.98. The van der Waals surface area contributed by atoms with Gasteiger partial charge in [-0.25, -0.2) is 13.6 Å². The highest BCUT2D eigenvalue weighted by Gasteiger charge is 2.20. The molecule has 0 atom stereocenters. The van der Waals surface area contributed by atoms with Crippen molar-refractivity contribution in [2.24, 2.45) is 5.16 Å². The molecule has 0 radical (unpaired) electrons. The number of esters is 1. The molecule has 0 heterocycles. The molecule has 0 fully saturated rings. The van der Waals surface area contributed by atoms with Gasteiger partial charge in [0, 0.05) is 23.3 Å². The summed E-state index contributed by atoms with van der Waals surface area (Å²) >= 11 is 0. The van der Waals surface area contributed by atoms with Gasteiger partial charge in [0.05, 0.1) is 27.1 Å². The average Bonchev–Trinajstić information content (AvgIpc) is 2.75. The summed E-state index contributed by atoms with van der Waals surface area (Å²) in [6.07, 6.45) is 1.17. The van der Waals surface area contributed by atoms with Crippen LogP contribution in [0.5, 0.6) is 0 Å². The monoisotopic (exact) mass is 419 g/mol. The molecule has 0 aromatic heterocycles. The molecule has 2 aromatic carbocycles. The van der Waals surface area contributed by atoms with Crippen molar-refractivity contribution in [2.75, 3.05) is 27.4 Å². The van der Waals surface area contributed by atoms with Crippen molar-refractivity contribution in [1.82, 2.24) is 0 Å². The first-order chi connectivity index (χ1) is 14.5. The van der Waals surface area contributed by atoms with Crippen LogP contribution in [0.1, 0.15) is 23.6 Å². The van der Waals surface area contributed by atoms with Crippen LogP contribution in [0.4, 0.5) is 8.78 Å². The quantitative estimate of drug-likeness (QED) is 0.191. The summed E-state index contributed by atoms with van der Waals surface area (Å²) in [5.74, 6) is -1.65. The van der Waals surface area contributed by atoms with E-state index in [1.807, 2.05) is 6.92 Å². The van der Waals surface area contributed by atoms with E-state index in [-0.39, 0.29) is 35.7 Å². The molecule has 0 bridgehead atoms. The van der Waals surface area contributed by atoms with Gasteiger partial charge < -0.3 is 19.0 Å². The van der Waals surface area contributed by atoms with Crippen molar-refractivity contribution in [2.45, 2.75) is 13.5 Å². The highest BCUT2D eigenvalue weighted by molar-refractivity contribution is 6.16. The van der Waals surface area contributed by atoms with E-state index in [1.165, 1.54) is 44.7 Å². The summed E-state index contributed by atoms with van der Waals surface area (Å²) in [5, 5.41) is 4.04. The molecular weight excluding hydrogens is 396 g/mol. The van der Waals surface area contributed by atoms with Gasteiger partial charge in [0.15, 0.2) is 0 Å². The Balaban J connectivity index is 2.31. The van der Waals surface area contributed by atoms with E-state index in [0.29, 0.717) is 17.9 Å². The zero-order valence-electron chi connectivity index (χ0n) is 17.0. The van der Waals surface area contributed by atoms with Crippen LogP contribution in [0, 0.1) is 11.6 Å². The second-order valence-corrected chi connectivity index (χ2v) is 5.98. The Morgan fingerprint density at radius 1 is 1.10 bits per heavy atom. The topological polar surface area (TPSA) is 66.3 Å². The fourth-order valence-corrected chi connectivity index (χ4v) is 2.59. The van der Waals surface area contributed by atoms with E-state index in [0.717, 1.165) is 0 Å². The molecule has 8 heteroatoms. The minimum absolute atomic E-state index is 0.0372. The van der Waals surface area contributed by atoms with E-state index >= 15 is 0 Å². The fourth-order valence-electron chi connectivity index (χ4n) is 2.59. The molecule has 160 valence electrons. The van der Waals surface area contributed by atoms with Crippen molar-refractivity contribution in [3.05, 3.63) is 77.1 Å². The van der Waals surface area contributed by atoms with Crippen molar-refractivity contribution in [3.63, 3.8) is 0 Å². The zero-order chi connectivity index (χ0) is 21.9. The Hall–Kier alpha value is -3.26. The maximum Gasteiger partial charge on any atom is 0.341 e. The van der Waals surface area contributed by atoms with Crippen LogP contribution in [-0.2, 0) is 30.4 Å². The predicted octanol–water partition coefficient (Wildman–Crippen LogP) is 4.08. The average molecular weight is 419 g/mol. The van der Waals surface area contributed by atoms with Crippen LogP contribution in [-0.4, -0.2) is 39.1 Å². The number of nitrogens with zero attached hydrogens (tertiary/aromatic N) is 1. The molecule has 0 unspecified atom stereocenters. The number of carbonyl (C=O) groups is 1. The Labute approximate surface area is 173 Å². The van der Waals surface area contributed by atoms with Crippen molar-refractivity contribution in [3.8, 4) is 0 Å². The number of benzene rings is 2. The van der Waals surface area contributed by atoms with E-state index < -0.39 is 11.8 Å². The van der Waals surface area contributed by atoms with Gasteiger partial charge in [0.25, 0.3) is 0 Å². The van der Waals surface area contributed by atoms with Gasteiger partial charge in [0.1, 0.15) is 29.5 Å². The van der Waals surface area contributed by atoms with Crippen LogP contribution >= 0.6 is 0 Å². The zero-order valence-corrected chi connectivity index (χ0v) is 17.0. The number of carbonyl (C=O) groups excluding carboxylic acids is 1. The highest BCUT2D eigenvalue weighted by Crippen LogP contribution is 2.24. The minimum atomic E-state index is -0.685. The van der Waals surface area contributed by atoms with Crippen LogP contribution in [0.3, 0.4) is 0 Å². The molecule has 0 N–H and O–H groups in total. The normalized spacial score (nSPS) is 11.9. The molecule has 30 heavy (non-hydrogen) atoms. The lowest BCUT2D eigenvalue weighted by Gasteiger charge is -2.12. The number of ether oxygens (including phenoxy) is 3. The number of methoxy groups -OCH3 is 2. The van der Waals surface area contributed by atoms with Gasteiger partial charge >= 0.3 is 5.97 Å². The van der Waals surface area contributed by atoms with Crippen molar-refractivity contribution in [1.29, 1.82) is 0 Å². The largest absolute Gasteiger partial charge is 0.503 e. The molecule has 0 amide bonds. The van der Waals surface area contributed by atoms with E-state index in [1.54, 1.807) is 18.2 Å². The van der Waals surface area contributed by atoms with E-state index in [2.05, 4.69) is 5.16 Å². The maximum absolute atomic E-state index is 14.5. The van der Waals surface area contributed by atoms with Gasteiger partial charge in [-0.1, -0.05) is 29.4 Å². The van der Waals surface area contributed by atoms with E-state index in [9.17, 15) is 13.6 Å². The lowest BCUT2D eigenvalue weighted by molar-refractivity contribution is -0.133. The number of hydrogen-bond acceptors (Lipinski definition) is 6. The number of hydrogen-bond donors (Lipinski definition) is 0. The third-order valence-electron chi connectivity index (χ3n) is 4.05. The summed E-state index contributed by atoms with van der Waals surface area (Å²) in [6, 6.07) is 9.93. The standard InChI is InChI=1S/C22H23F2NO5/c1-4-29-14-21(15-8-10-16(23)11-9-15)25-30-13-18-17(6-5-7-20(18)24)19(12-27-2)22(26)28-3/h5-12H,4,13-14H2,1-3H3/b19-12+,25-21+. The number of oxime groups is 1. The molecule has 2 rings (SSSR count). The van der Waals surface area contributed by atoms with Crippen molar-refractivity contribution < 1.29 is 32.6 Å². The Morgan fingerprint density at radius 2 is 1.83 bits per heavy atom. The molecule has 0 aliphatic carbocycles. The number of halogens is 2. The Morgan fingerprint density at radius 3 is 2.47 bits per heavy atom. The molecule has 6 nitrogen and oxygen atoms in total. The Bertz CT molecular complexity index is 910. The van der Waals surface area contributed by atoms with E-state index in [4.69, 9.17) is 19.0 Å². The third kappa shape index (κ3) is 6.12. The Kier molecular flexibility index (Phi) is 8.96. The minimum Gasteiger partial charge on any atom is -0.503 e. The molecule has 0 aliphatic rings. The van der Waals surface area contributed by atoms with Gasteiger partial charge in [-0.2, -0.15) is 0 Å². The van der Waals surface area contributed by atoms with Crippen LogP contribution in [0.15, 0.2) is 53.9 Å². The van der Waals surface area contributed by atoms with Gasteiger partial charge in [-0.15, -0.1) is 0 Å². The summed E-state index contributed by atoms with van der Waals surface area (Å²) in [7, 11) is 2.58. The molecule has 0 aliphatic heterocycles. The maximum atomic E-state index is 14.5. The van der Waals surface area contributed by atoms with Crippen LogP contribution < -0.4 is 0 Å². The molecule has 0 spiro atoms. The first-order valence-corrected chi connectivity index (χ1v) is 9.13. The van der Waals surface area contributed by atoms with Gasteiger partial charge in [0.2, 0.25) is 0 Å². The molecule has 2 aromatic rings. The van der Waals surface area contributed by atoms with Gasteiger partial charge in [-0.3, -0.25) is 0 Å². The first-order valence-electron chi connectivity index (χ1n) is 9.13. The lowest BCUT2D eigenvalue weighted by atomic mass is 10.0. The summed E-state index contributed by atoms with van der Waals surface area (Å²) in [6.45, 7) is 2.13. The summed E-state index contributed by atoms with van der Waals surface area (Å²) < 4.78 is 42.8. The molecule has 0 saturated heterocycles. The fraction of sp³-hybridized carbons (Fsp3) is 0.273. The third-order valence-corrected chi connectivity index (χ3v) is 4.05. The lowest BCUT2D eigenvalue weighted by Crippen LogP contribution is -2.12. The predicted molar refractivity (Wildman–Crippen MR) is 108 cm³/mol.